The number of aliphatic hydroxyl groups excluding tert-OH is 11. The van der Waals surface area contributed by atoms with Gasteiger partial charge in [0.25, 0.3) is 0 Å². The van der Waals surface area contributed by atoms with Crippen molar-refractivity contribution < 1.29 is 89.4 Å². The van der Waals surface area contributed by atoms with Gasteiger partial charge in [0, 0.05) is 6.42 Å². The minimum Gasteiger partial charge on any atom is -0.394 e. The van der Waals surface area contributed by atoms with Crippen molar-refractivity contribution in [2.45, 2.75) is 394 Å². The third-order valence-corrected chi connectivity index (χ3v) is 19.1. The molecule has 1 amide bonds. The molecule has 17 atom stereocenters. The molecule has 19 heteroatoms. The van der Waals surface area contributed by atoms with Gasteiger partial charge in [-0.3, -0.25) is 4.79 Å². The van der Waals surface area contributed by atoms with Crippen LogP contribution in [-0.2, 0) is 33.2 Å². The fraction of sp³-hybridized carbons (Fsp3) is 0.857. The Kier molecular flexibility index (Phi) is 53.0. The van der Waals surface area contributed by atoms with Crippen LogP contribution in [0.4, 0.5) is 0 Å². The van der Waals surface area contributed by atoms with Crippen LogP contribution in [0.2, 0.25) is 0 Å². The van der Waals surface area contributed by atoms with E-state index in [-0.39, 0.29) is 18.9 Å². The van der Waals surface area contributed by atoms with E-state index in [1.165, 1.54) is 180 Å². The van der Waals surface area contributed by atoms with Crippen LogP contribution < -0.4 is 5.32 Å². The predicted molar refractivity (Wildman–Crippen MR) is 379 cm³/mol. The monoisotopic (exact) mass is 1370 g/mol. The first-order valence-corrected chi connectivity index (χ1v) is 38.5. The molecule has 0 aromatic heterocycles. The number of unbranched alkanes of at least 4 members (excludes halogenated alkanes) is 36. The molecule has 0 aromatic rings. The van der Waals surface area contributed by atoms with Crippen LogP contribution in [-0.4, -0.2) is 193 Å². The van der Waals surface area contributed by atoms with Crippen molar-refractivity contribution in [1.82, 2.24) is 5.32 Å². The van der Waals surface area contributed by atoms with Gasteiger partial charge in [0.15, 0.2) is 18.9 Å². The highest BCUT2D eigenvalue weighted by Gasteiger charge is 2.53. The maximum Gasteiger partial charge on any atom is 0.220 e. The zero-order valence-corrected chi connectivity index (χ0v) is 59.6. The van der Waals surface area contributed by atoms with Crippen LogP contribution in [0.25, 0.3) is 0 Å². The molecule has 3 rings (SSSR count). The Morgan fingerprint density at radius 3 is 1.12 bits per heavy atom. The number of nitrogens with one attached hydrogen (secondary N) is 1. The maximum atomic E-state index is 13.5. The molecule has 17 unspecified atom stereocenters. The molecule has 12 N–H and O–H groups in total. The van der Waals surface area contributed by atoms with Crippen molar-refractivity contribution in [3.8, 4) is 0 Å². The summed E-state index contributed by atoms with van der Waals surface area (Å²) >= 11 is 0. The van der Waals surface area contributed by atoms with E-state index >= 15 is 0 Å². The summed E-state index contributed by atoms with van der Waals surface area (Å²) in [6.45, 7) is 1.65. The fourth-order valence-electron chi connectivity index (χ4n) is 12.9. The van der Waals surface area contributed by atoms with Gasteiger partial charge >= 0.3 is 0 Å². The summed E-state index contributed by atoms with van der Waals surface area (Å²) in [4.78, 5) is 13.5. The van der Waals surface area contributed by atoms with Crippen LogP contribution in [0.1, 0.15) is 290 Å². The third-order valence-electron chi connectivity index (χ3n) is 19.1. The van der Waals surface area contributed by atoms with E-state index in [1.54, 1.807) is 6.08 Å². The van der Waals surface area contributed by atoms with Gasteiger partial charge in [-0.1, -0.05) is 286 Å². The minimum atomic E-state index is -1.98. The van der Waals surface area contributed by atoms with Crippen molar-refractivity contribution in [1.29, 1.82) is 0 Å². The SMILES string of the molecule is CC/C=C\C/C=C\C/C=C\C/C=C\CCCCCCCCCCCCC(=O)NC(COC1OC(CO)C(OC2OC(CO)C(OC3OC(CO)C(O)C(O)C3O)C(O)C2O)C(O)C1O)C(O)/C=C/CCCCCCCCCCCCCCCCCCCCCCCCCCCC. The zero-order valence-electron chi connectivity index (χ0n) is 59.6. The molecular weight excluding hydrogens is 1230 g/mol. The minimum absolute atomic E-state index is 0.236. The molecule has 3 aliphatic rings. The highest BCUT2D eigenvalue weighted by atomic mass is 16.8. The van der Waals surface area contributed by atoms with Gasteiger partial charge in [0.2, 0.25) is 5.91 Å². The van der Waals surface area contributed by atoms with Gasteiger partial charge in [-0.25, -0.2) is 0 Å². The molecule has 0 saturated carbocycles. The second kappa shape index (κ2) is 58.0. The van der Waals surface area contributed by atoms with Gasteiger partial charge in [0.1, 0.15) is 73.2 Å². The van der Waals surface area contributed by atoms with Crippen molar-refractivity contribution in [3.05, 3.63) is 60.8 Å². The maximum absolute atomic E-state index is 13.5. The highest BCUT2D eigenvalue weighted by molar-refractivity contribution is 5.76. The molecule has 0 radical (unpaired) electrons. The average Bonchev–Trinajstić information content (AvgIpc) is 0.788. The van der Waals surface area contributed by atoms with E-state index in [4.69, 9.17) is 28.4 Å². The molecule has 560 valence electrons. The van der Waals surface area contributed by atoms with Crippen LogP contribution in [0.5, 0.6) is 0 Å². The number of carbonyl (C=O) groups is 1. The first kappa shape index (κ1) is 87.7. The second-order valence-corrected chi connectivity index (χ2v) is 27.4. The van der Waals surface area contributed by atoms with Crippen LogP contribution in [0.15, 0.2) is 60.8 Å². The number of carbonyl (C=O) groups excluding carboxylic acids is 1. The van der Waals surface area contributed by atoms with Crippen LogP contribution in [0.3, 0.4) is 0 Å². The molecule has 3 fully saturated rings. The first-order valence-electron chi connectivity index (χ1n) is 38.5. The Bertz CT molecular complexity index is 1970. The molecule has 0 bridgehead atoms. The van der Waals surface area contributed by atoms with Crippen molar-refractivity contribution in [3.63, 3.8) is 0 Å². The topological polar surface area (TPSA) is 307 Å². The number of rotatable bonds is 60. The zero-order chi connectivity index (χ0) is 69.6. The molecule has 3 heterocycles. The largest absolute Gasteiger partial charge is 0.394 e. The smallest absolute Gasteiger partial charge is 0.220 e. The Labute approximate surface area is 579 Å². The quantitative estimate of drug-likeness (QED) is 0.0199. The third kappa shape index (κ3) is 38.5. The lowest BCUT2D eigenvalue weighted by molar-refractivity contribution is -0.379. The van der Waals surface area contributed by atoms with E-state index in [0.717, 1.165) is 83.5 Å². The Hall–Kier alpha value is -2.51. The lowest BCUT2D eigenvalue weighted by atomic mass is 9.96. The van der Waals surface area contributed by atoms with Crippen LogP contribution >= 0.6 is 0 Å². The Morgan fingerprint density at radius 1 is 0.385 bits per heavy atom. The van der Waals surface area contributed by atoms with E-state index in [2.05, 4.69) is 67.8 Å². The molecule has 96 heavy (non-hydrogen) atoms. The lowest BCUT2D eigenvalue weighted by Crippen LogP contribution is -2.66. The molecule has 3 saturated heterocycles. The number of hydrogen-bond acceptors (Lipinski definition) is 18. The van der Waals surface area contributed by atoms with E-state index in [0.29, 0.717) is 6.42 Å². The highest BCUT2D eigenvalue weighted by Crippen LogP contribution is 2.33. The number of aliphatic hydroxyl groups is 11. The Morgan fingerprint density at radius 2 is 0.719 bits per heavy atom. The van der Waals surface area contributed by atoms with Gasteiger partial charge < -0.3 is 89.9 Å². The van der Waals surface area contributed by atoms with Gasteiger partial charge in [0.05, 0.1) is 38.6 Å². The van der Waals surface area contributed by atoms with E-state index < -0.39 is 124 Å². The van der Waals surface area contributed by atoms with Crippen molar-refractivity contribution in [2.24, 2.45) is 0 Å². The number of amides is 1. The normalized spacial score (nSPS) is 27.4. The first-order chi connectivity index (χ1) is 46.8. The van der Waals surface area contributed by atoms with Gasteiger partial charge in [-0.15, -0.1) is 0 Å². The molecule has 19 nitrogen and oxygen atoms in total. The summed E-state index contributed by atoms with van der Waals surface area (Å²) < 4.78 is 34.4. The summed E-state index contributed by atoms with van der Waals surface area (Å²) in [6.07, 6.45) is 46.2. The molecule has 0 aromatic carbocycles. The van der Waals surface area contributed by atoms with E-state index in [1.807, 2.05) is 6.08 Å². The molecule has 3 aliphatic heterocycles. The van der Waals surface area contributed by atoms with Gasteiger partial charge in [-0.05, 0) is 57.8 Å². The number of hydrogen-bond donors (Lipinski definition) is 12. The summed E-state index contributed by atoms with van der Waals surface area (Å²) in [7, 11) is 0. The summed E-state index contributed by atoms with van der Waals surface area (Å²) in [5.74, 6) is -0.279. The summed E-state index contributed by atoms with van der Waals surface area (Å²) in [5.41, 5.74) is 0. The predicted octanol–water partition coefficient (Wildman–Crippen LogP) is 11.9. The molecule has 0 aliphatic carbocycles. The summed E-state index contributed by atoms with van der Waals surface area (Å²) in [5, 5.41) is 121. The van der Waals surface area contributed by atoms with Gasteiger partial charge in [-0.2, -0.15) is 0 Å². The van der Waals surface area contributed by atoms with Crippen molar-refractivity contribution >= 4 is 5.91 Å². The van der Waals surface area contributed by atoms with E-state index in [9.17, 15) is 61.0 Å². The number of ether oxygens (including phenoxy) is 6. The molecular formula is C77H139NO18. The van der Waals surface area contributed by atoms with Crippen molar-refractivity contribution in [2.75, 3.05) is 26.4 Å². The average molecular weight is 1370 g/mol. The molecule has 0 spiro atoms. The lowest BCUT2D eigenvalue weighted by Gasteiger charge is -2.48. The standard InChI is InChI=1S/C77H139NO18/c1-3-5-7-9-11-13-15-17-19-21-23-25-27-28-29-30-31-33-34-36-38-40-42-44-46-48-50-52-54-61(82)60(78-65(83)55-53-51-49-47-45-43-41-39-37-35-32-26-24-22-20-18-16-14-12-10-8-6-4-2)59-91-75-71(89)68(86)73(63(57-80)93-75)96-77-72(90)69(87)74(64(58-81)94-77)95-76-70(88)67(85)66(84)62(56-79)92-76/h6,8,12,14,18,20,24,26,52,54,60-64,66-77,79-82,84-90H,3-5,7,9-11,13,15-17,19,21-23,25,27-51,53,55-59H2,1-2H3,(H,78,83)/b8-6-,14-12-,20-18-,26-24-,54-52+. The second-order valence-electron chi connectivity index (χ2n) is 27.4. The summed E-state index contributed by atoms with van der Waals surface area (Å²) in [6, 6.07) is -0.980. The number of allylic oxidation sites excluding steroid dienone is 9. The fourth-order valence-corrected chi connectivity index (χ4v) is 12.9. The Balaban J connectivity index is 1.40. The van der Waals surface area contributed by atoms with Crippen LogP contribution in [0, 0.1) is 0 Å².